The highest BCUT2D eigenvalue weighted by atomic mass is 16.6. The minimum atomic E-state index is -0.564. The summed E-state index contributed by atoms with van der Waals surface area (Å²) in [7, 11) is 0. The monoisotopic (exact) mass is 330 g/mol. The number of esters is 1. The fraction of sp³-hybridized carbons (Fsp3) is 0.579. The van der Waals surface area contributed by atoms with Crippen molar-refractivity contribution in [2.24, 2.45) is 0 Å². The Morgan fingerprint density at radius 1 is 1.12 bits per heavy atom. The van der Waals surface area contributed by atoms with Gasteiger partial charge in [-0.2, -0.15) is 0 Å². The van der Waals surface area contributed by atoms with Crippen LogP contribution in [0.5, 0.6) is 0 Å². The van der Waals surface area contributed by atoms with Gasteiger partial charge in [-0.05, 0) is 17.0 Å². The van der Waals surface area contributed by atoms with E-state index in [1.807, 2.05) is 4.90 Å². The first-order valence-corrected chi connectivity index (χ1v) is 8.69. The predicted molar refractivity (Wildman–Crippen MR) is 93.0 cm³/mol. The summed E-state index contributed by atoms with van der Waals surface area (Å²) in [6.07, 6.45) is 0.311. The van der Waals surface area contributed by atoms with Gasteiger partial charge in [0.25, 0.3) is 5.91 Å². The summed E-state index contributed by atoms with van der Waals surface area (Å²) in [5.74, 6) is -0.296. The SMILES string of the molecule is CC(C)(C)c1ccccc1N1CCN(C(=O)[C@@H]2CCC(=O)O2)CC1. The largest absolute Gasteiger partial charge is 0.452 e. The maximum absolute atomic E-state index is 12.4. The Balaban J connectivity index is 1.66. The quantitative estimate of drug-likeness (QED) is 0.781. The third kappa shape index (κ3) is 3.40. The molecule has 0 aromatic heterocycles. The molecule has 5 nitrogen and oxygen atoms in total. The van der Waals surface area contributed by atoms with Crippen molar-refractivity contribution >= 4 is 17.6 Å². The molecule has 2 aliphatic heterocycles. The molecule has 2 fully saturated rings. The maximum Gasteiger partial charge on any atom is 0.306 e. The number of ether oxygens (including phenoxy) is 1. The maximum atomic E-state index is 12.4. The number of hydrogen-bond acceptors (Lipinski definition) is 4. The molecule has 2 saturated heterocycles. The molecule has 1 amide bonds. The summed E-state index contributed by atoms with van der Waals surface area (Å²) in [6, 6.07) is 8.50. The number of amides is 1. The van der Waals surface area contributed by atoms with Crippen LogP contribution in [0.1, 0.15) is 39.2 Å². The molecule has 1 atom stereocenters. The van der Waals surface area contributed by atoms with Crippen molar-refractivity contribution in [2.75, 3.05) is 31.1 Å². The van der Waals surface area contributed by atoms with Crippen molar-refractivity contribution in [3.63, 3.8) is 0 Å². The van der Waals surface area contributed by atoms with Gasteiger partial charge >= 0.3 is 5.97 Å². The van der Waals surface area contributed by atoms with Crippen molar-refractivity contribution in [1.82, 2.24) is 4.90 Å². The molecule has 0 spiro atoms. The van der Waals surface area contributed by atoms with Gasteiger partial charge in [0.05, 0.1) is 0 Å². The van der Waals surface area contributed by atoms with Crippen LogP contribution in [0.3, 0.4) is 0 Å². The number of carbonyl (C=O) groups excluding carboxylic acids is 2. The fourth-order valence-corrected chi connectivity index (χ4v) is 3.45. The van der Waals surface area contributed by atoms with Crippen LogP contribution in [-0.2, 0) is 19.7 Å². The second-order valence-corrected chi connectivity index (χ2v) is 7.60. The number of para-hydroxylation sites is 1. The first kappa shape index (κ1) is 16.8. The van der Waals surface area contributed by atoms with Crippen molar-refractivity contribution in [2.45, 2.75) is 45.1 Å². The van der Waals surface area contributed by atoms with E-state index in [0.717, 1.165) is 13.1 Å². The van der Waals surface area contributed by atoms with Gasteiger partial charge < -0.3 is 14.5 Å². The molecule has 0 N–H and O–H groups in total. The molecule has 0 aliphatic carbocycles. The Labute approximate surface area is 143 Å². The highest BCUT2D eigenvalue weighted by molar-refractivity contribution is 5.86. The highest BCUT2D eigenvalue weighted by Crippen LogP contribution is 2.32. The Bertz CT molecular complexity index is 628. The topological polar surface area (TPSA) is 49.9 Å². The molecule has 5 heteroatoms. The minimum absolute atomic E-state index is 0.0374. The Morgan fingerprint density at radius 3 is 2.38 bits per heavy atom. The molecular weight excluding hydrogens is 304 g/mol. The van der Waals surface area contributed by atoms with Gasteiger partial charge in [0.1, 0.15) is 0 Å². The average Bonchev–Trinajstić information content (AvgIpc) is 3.00. The lowest BCUT2D eigenvalue weighted by Crippen LogP contribution is -2.51. The number of hydrogen-bond donors (Lipinski definition) is 0. The molecule has 1 aromatic carbocycles. The van der Waals surface area contributed by atoms with E-state index in [2.05, 4.69) is 49.9 Å². The van der Waals surface area contributed by atoms with E-state index in [9.17, 15) is 9.59 Å². The van der Waals surface area contributed by atoms with Gasteiger partial charge in [-0.3, -0.25) is 9.59 Å². The Morgan fingerprint density at radius 2 is 1.79 bits per heavy atom. The van der Waals surface area contributed by atoms with Crippen LogP contribution in [0.4, 0.5) is 5.69 Å². The van der Waals surface area contributed by atoms with E-state index >= 15 is 0 Å². The minimum Gasteiger partial charge on any atom is -0.452 e. The van der Waals surface area contributed by atoms with Crippen LogP contribution >= 0.6 is 0 Å². The van der Waals surface area contributed by atoms with Gasteiger partial charge in [-0.25, -0.2) is 0 Å². The van der Waals surface area contributed by atoms with Gasteiger partial charge in [-0.1, -0.05) is 39.0 Å². The summed E-state index contributed by atoms with van der Waals surface area (Å²) in [6.45, 7) is 9.62. The Kier molecular flexibility index (Phi) is 4.52. The van der Waals surface area contributed by atoms with E-state index in [-0.39, 0.29) is 17.3 Å². The van der Waals surface area contributed by atoms with Crippen molar-refractivity contribution < 1.29 is 14.3 Å². The molecule has 0 bridgehead atoms. The van der Waals surface area contributed by atoms with Gasteiger partial charge in [-0.15, -0.1) is 0 Å². The van der Waals surface area contributed by atoms with Gasteiger partial charge in [0, 0.05) is 44.7 Å². The third-order valence-corrected chi connectivity index (χ3v) is 4.80. The molecule has 1 aromatic rings. The van der Waals surface area contributed by atoms with E-state index in [0.29, 0.717) is 25.9 Å². The molecule has 0 radical (unpaired) electrons. The summed E-state index contributed by atoms with van der Waals surface area (Å²) in [5.41, 5.74) is 2.67. The summed E-state index contributed by atoms with van der Waals surface area (Å²) in [5, 5.41) is 0. The summed E-state index contributed by atoms with van der Waals surface area (Å²) >= 11 is 0. The lowest BCUT2D eigenvalue weighted by Gasteiger charge is -2.39. The molecular formula is C19H26N2O3. The van der Waals surface area contributed by atoms with Gasteiger partial charge in [0.15, 0.2) is 6.10 Å². The zero-order chi connectivity index (χ0) is 17.3. The van der Waals surface area contributed by atoms with Crippen LogP contribution in [0.2, 0.25) is 0 Å². The van der Waals surface area contributed by atoms with Gasteiger partial charge in [0.2, 0.25) is 0 Å². The van der Waals surface area contributed by atoms with Crippen molar-refractivity contribution in [1.29, 1.82) is 0 Å². The number of anilines is 1. The van der Waals surface area contributed by atoms with E-state index in [1.165, 1.54) is 11.3 Å². The number of carbonyl (C=O) groups is 2. The van der Waals surface area contributed by atoms with Crippen LogP contribution < -0.4 is 4.90 Å². The second kappa shape index (κ2) is 6.46. The first-order valence-electron chi connectivity index (χ1n) is 8.69. The van der Waals surface area contributed by atoms with Crippen molar-refractivity contribution in [3.8, 4) is 0 Å². The number of nitrogens with zero attached hydrogens (tertiary/aromatic N) is 2. The molecule has 2 heterocycles. The number of rotatable bonds is 2. The highest BCUT2D eigenvalue weighted by Gasteiger charge is 2.34. The second-order valence-electron chi connectivity index (χ2n) is 7.60. The zero-order valence-corrected chi connectivity index (χ0v) is 14.7. The third-order valence-electron chi connectivity index (χ3n) is 4.80. The van der Waals surface area contributed by atoms with Crippen LogP contribution in [0.15, 0.2) is 24.3 Å². The molecule has 24 heavy (non-hydrogen) atoms. The number of cyclic esters (lactones) is 1. The molecule has 2 aliphatic rings. The average molecular weight is 330 g/mol. The predicted octanol–water partition coefficient (Wildman–Crippen LogP) is 2.34. The van der Waals surface area contributed by atoms with Crippen LogP contribution in [-0.4, -0.2) is 49.1 Å². The van der Waals surface area contributed by atoms with Crippen molar-refractivity contribution in [3.05, 3.63) is 29.8 Å². The molecule has 3 rings (SSSR count). The summed E-state index contributed by atoms with van der Waals surface area (Å²) in [4.78, 5) is 27.8. The number of benzene rings is 1. The standard InChI is InChI=1S/C19H26N2O3/c1-19(2,3)14-6-4-5-7-15(14)20-10-12-21(13-11-20)18(23)16-8-9-17(22)24-16/h4-7,16H,8-13H2,1-3H3/t16-/m0/s1. The molecule has 0 unspecified atom stereocenters. The van der Waals surface area contributed by atoms with E-state index in [1.54, 1.807) is 0 Å². The fourth-order valence-electron chi connectivity index (χ4n) is 3.45. The molecule has 0 saturated carbocycles. The molecule has 130 valence electrons. The lowest BCUT2D eigenvalue weighted by molar-refractivity contribution is -0.153. The lowest BCUT2D eigenvalue weighted by atomic mass is 9.85. The Hall–Kier alpha value is -2.04. The number of piperazine rings is 1. The first-order chi connectivity index (χ1) is 11.4. The van der Waals surface area contributed by atoms with Crippen LogP contribution in [0, 0.1) is 0 Å². The zero-order valence-electron chi connectivity index (χ0n) is 14.7. The normalized spacial score (nSPS) is 21.8. The van der Waals surface area contributed by atoms with E-state index < -0.39 is 6.10 Å². The van der Waals surface area contributed by atoms with E-state index in [4.69, 9.17) is 4.74 Å². The van der Waals surface area contributed by atoms with Crippen LogP contribution in [0.25, 0.3) is 0 Å². The summed E-state index contributed by atoms with van der Waals surface area (Å²) < 4.78 is 5.11. The smallest absolute Gasteiger partial charge is 0.306 e.